The van der Waals surface area contributed by atoms with Crippen molar-refractivity contribution in [2.24, 2.45) is 0 Å². The number of rotatable bonds is 1. The third-order valence-corrected chi connectivity index (χ3v) is 2.54. The Morgan fingerprint density at radius 3 is 3.00 bits per heavy atom. The first-order valence-electron chi connectivity index (χ1n) is 4.71. The van der Waals surface area contributed by atoms with E-state index < -0.39 is 0 Å². The van der Waals surface area contributed by atoms with Crippen LogP contribution in [0, 0.1) is 0 Å². The van der Waals surface area contributed by atoms with Crippen molar-refractivity contribution in [1.82, 2.24) is 14.8 Å². The summed E-state index contributed by atoms with van der Waals surface area (Å²) in [5.41, 5.74) is 0.830. The summed E-state index contributed by atoms with van der Waals surface area (Å²) in [4.78, 5) is 11.5. The first kappa shape index (κ1) is 8.28. The standard InChI is InChI=1S/C10H9N3O2/c14-9-11-12-10-13(9)8(6-15-10)7-4-2-1-3-5-7/h1-5,8H,6H2,(H,11,14)/t8-/m0/s1. The average molecular weight is 203 g/mol. The van der Waals surface area contributed by atoms with Gasteiger partial charge in [0.1, 0.15) is 12.6 Å². The average Bonchev–Trinajstić information content (AvgIpc) is 2.84. The lowest BCUT2D eigenvalue weighted by Gasteiger charge is -2.08. The van der Waals surface area contributed by atoms with Gasteiger partial charge in [-0.2, -0.15) is 0 Å². The van der Waals surface area contributed by atoms with Crippen molar-refractivity contribution in [3.63, 3.8) is 0 Å². The van der Waals surface area contributed by atoms with E-state index in [4.69, 9.17) is 4.74 Å². The number of nitrogens with one attached hydrogen (secondary N) is 1. The Bertz CT molecular complexity index is 529. The smallest absolute Gasteiger partial charge is 0.346 e. The fourth-order valence-corrected chi connectivity index (χ4v) is 1.82. The molecule has 2 heterocycles. The van der Waals surface area contributed by atoms with Crippen LogP contribution in [-0.4, -0.2) is 21.4 Å². The number of benzene rings is 1. The second-order valence-electron chi connectivity index (χ2n) is 3.42. The molecule has 0 saturated heterocycles. The molecule has 3 rings (SSSR count). The highest BCUT2D eigenvalue weighted by Crippen LogP contribution is 2.26. The Balaban J connectivity index is 2.11. The monoisotopic (exact) mass is 203 g/mol. The minimum atomic E-state index is -0.226. The summed E-state index contributed by atoms with van der Waals surface area (Å²) in [5.74, 6) is 0. The highest BCUT2D eigenvalue weighted by Gasteiger charge is 2.28. The molecule has 5 heteroatoms. The van der Waals surface area contributed by atoms with Crippen LogP contribution in [0.25, 0.3) is 0 Å². The lowest BCUT2D eigenvalue weighted by Crippen LogP contribution is -2.21. The first-order valence-corrected chi connectivity index (χ1v) is 4.71. The number of aromatic amines is 1. The Morgan fingerprint density at radius 2 is 2.20 bits per heavy atom. The van der Waals surface area contributed by atoms with Gasteiger partial charge in [0.05, 0.1) is 0 Å². The van der Waals surface area contributed by atoms with Gasteiger partial charge in [0.25, 0.3) is 0 Å². The second kappa shape index (κ2) is 2.98. The zero-order chi connectivity index (χ0) is 10.3. The summed E-state index contributed by atoms with van der Waals surface area (Å²) in [5, 5.41) is 6.15. The molecule has 1 aliphatic heterocycles. The molecule has 2 aromatic rings. The molecule has 1 aromatic heterocycles. The molecule has 15 heavy (non-hydrogen) atoms. The third kappa shape index (κ3) is 1.16. The largest absolute Gasteiger partial charge is 0.461 e. The summed E-state index contributed by atoms with van der Waals surface area (Å²) in [6.07, 6.45) is 0. The van der Waals surface area contributed by atoms with Crippen molar-refractivity contribution < 1.29 is 4.74 Å². The van der Waals surface area contributed by atoms with Gasteiger partial charge >= 0.3 is 11.7 Å². The van der Waals surface area contributed by atoms with E-state index in [0.717, 1.165) is 5.56 Å². The molecule has 0 amide bonds. The minimum absolute atomic E-state index is 0.0625. The van der Waals surface area contributed by atoms with Crippen LogP contribution in [0.3, 0.4) is 0 Å². The van der Waals surface area contributed by atoms with E-state index >= 15 is 0 Å². The van der Waals surface area contributed by atoms with Gasteiger partial charge in [0.2, 0.25) is 0 Å². The number of ether oxygens (including phenoxy) is 1. The van der Waals surface area contributed by atoms with Crippen LogP contribution in [0.2, 0.25) is 0 Å². The van der Waals surface area contributed by atoms with Crippen molar-refractivity contribution in [3.05, 3.63) is 46.4 Å². The van der Waals surface area contributed by atoms with Gasteiger partial charge < -0.3 is 4.74 Å². The molecular weight excluding hydrogens is 194 g/mol. The van der Waals surface area contributed by atoms with Gasteiger partial charge in [0, 0.05) is 0 Å². The molecule has 1 aromatic carbocycles. The van der Waals surface area contributed by atoms with Crippen molar-refractivity contribution in [2.45, 2.75) is 6.04 Å². The molecule has 0 unspecified atom stereocenters. The Morgan fingerprint density at radius 1 is 1.40 bits per heavy atom. The predicted octanol–water partition coefficient (Wildman–Crippen LogP) is 0.553. The van der Waals surface area contributed by atoms with E-state index in [-0.39, 0.29) is 11.7 Å². The maximum absolute atomic E-state index is 11.5. The number of fused-ring (bicyclic) bond motifs is 1. The molecule has 0 spiro atoms. The zero-order valence-electron chi connectivity index (χ0n) is 7.88. The highest BCUT2D eigenvalue weighted by molar-refractivity contribution is 5.23. The van der Waals surface area contributed by atoms with Crippen LogP contribution in [0.15, 0.2) is 35.1 Å². The maximum atomic E-state index is 11.5. The summed E-state index contributed by atoms with van der Waals surface area (Å²) in [6.45, 7) is 0.469. The van der Waals surface area contributed by atoms with E-state index in [2.05, 4.69) is 10.2 Å². The quantitative estimate of drug-likeness (QED) is 0.736. The first-order chi connectivity index (χ1) is 7.36. The zero-order valence-corrected chi connectivity index (χ0v) is 7.88. The number of H-pyrrole nitrogens is 1. The fourth-order valence-electron chi connectivity index (χ4n) is 1.82. The van der Waals surface area contributed by atoms with Gasteiger partial charge in [-0.1, -0.05) is 30.3 Å². The molecule has 1 atom stereocenters. The predicted molar refractivity (Wildman–Crippen MR) is 52.9 cm³/mol. The minimum Gasteiger partial charge on any atom is -0.461 e. The van der Waals surface area contributed by atoms with Crippen molar-refractivity contribution in [3.8, 4) is 6.01 Å². The number of nitrogens with zero attached hydrogens (tertiary/aromatic N) is 2. The van der Waals surface area contributed by atoms with E-state index in [0.29, 0.717) is 12.6 Å². The molecule has 76 valence electrons. The number of hydrogen-bond donors (Lipinski definition) is 1. The topological polar surface area (TPSA) is 59.9 Å². The van der Waals surface area contributed by atoms with E-state index in [1.54, 1.807) is 0 Å². The SMILES string of the molecule is O=c1[nH]nc2n1[C@H](c1ccccc1)CO2. The van der Waals surface area contributed by atoms with Crippen LogP contribution >= 0.6 is 0 Å². The Labute approximate surface area is 85.3 Å². The summed E-state index contributed by atoms with van der Waals surface area (Å²) < 4.78 is 6.84. The third-order valence-electron chi connectivity index (χ3n) is 2.54. The summed E-state index contributed by atoms with van der Waals surface area (Å²) in [7, 11) is 0. The second-order valence-corrected chi connectivity index (χ2v) is 3.42. The van der Waals surface area contributed by atoms with Gasteiger partial charge in [-0.05, 0) is 5.56 Å². The molecule has 0 saturated carbocycles. The van der Waals surface area contributed by atoms with Gasteiger partial charge in [-0.3, -0.25) is 0 Å². The van der Waals surface area contributed by atoms with E-state index in [1.165, 1.54) is 4.57 Å². The normalized spacial score (nSPS) is 18.5. The van der Waals surface area contributed by atoms with Crippen LogP contribution in [0.4, 0.5) is 0 Å². The van der Waals surface area contributed by atoms with Crippen molar-refractivity contribution in [2.75, 3.05) is 6.61 Å². The molecule has 0 fully saturated rings. The molecule has 0 aliphatic carbocycles. The van der Waals surface area contributed by atoms with Crippen LogP contribution in [0.1, 0.15) is 11.6 Å². The molecule has 5 nitrogen and oxygen atoms in total. The lowest BCUT2D eigenvalue weighted by molar-refractivity contribution is 0.327. The van der Waals surface area contributed by atoms with Crippen LogP contribution in [-0.2, 0) is 0 Å². The molecular formula is C10H9N3O2. The molecule has 1 N–H and O–H groups in total. The van der Waals surface area contributed by atoms with Gasteiger partial charge in [0.15, 0.2) is 0 Å². The van der Waals surface area contributed by atoms with Gasteiger partial charge in [-0.15, -0.1) is 5.10 Å². The fraction of sp³-hybridized carbons (Fsp3) is 0.200. The number of hydrogen-bond acceptors (Lipinski definition) is 3. The van der Waals surface area contributed by atoms with Crippen LogP contribution in [0.5, 0.6) is 6.01 Å². The highest BCUT2D eigenvalue weighted by atomic mass is 16.5. The molecule has 1 aliphatic rings. The summed E-state index contributed by atoms with van der Waals surface area (Å²) >= 11 is 0. The lowest BCUT2D eigenvalue weighted by atomic mass is 10.1. The van der Waals surface area contributed by atoms with Gasteiger partial charge in [-0.25, -0.2) is 14.5 Å². The number of aromatic nitrogens is 3. The van der Waals surface area contributed by atoms with Crippen LogP contribution < -0.4 is 10.4 Å². The maximum Gasteiger partial charge on any atom is 0.346 e. The van der Waals surface area contributed by atoms with Crippen molar-refractivity contribution >= 4 is 0 Å². The molecule has 0 bridgehead atoms. The van der Waals surface area contributed by atoms with E-state index in [1.807, 2.05) is 30.3 Å². The Hall–Kier alpha value is -2.04. The Kier molecular flexibility index (Phi) is 1.65. The van der Waals surface area contributed by atoms with Crippen molar-refractivity contribution in [1.29, 1.82) is 0 Å². The molecule has 0 radical (unpaired) electrons. The van der Waals surface area contributed by atoms with E-state index in [9.17, 15) is 4.79 Å². The summed E-state index contributed by atoms with van der Waals surface area (Å²) in [6, 6.07) is 10.1.